The third-order valence-electron chi connectivity index (χ3n) is 3.32. The normalized spacial score (nSPS) is 12.9. The van der Waals surface area contributed by atoms with Crippen LogP contribution in [-0.2, 0) is 9.57 Å². The molecule has 8 nitrogen and oxygen atoms in total. The Morgan fingerprint density at radius 1 is 1.41 bits per heavy atom. The maximum atomic E-state index is 13.1. The molecule has 0 saturated heterocycles. The van der Waals surface area contributed by atoms with Gasteiger partial charge in [0.1, 0.15) is 11.9 Å². The molecule has 2 aromatic rings. The van der Waals surface area contributed by atoms with Crippen LogP contribution in [0.5, 0.6) is 0 Å². The molecule has 148 valence electrons. The van der Waals surface area contributed by atoms with Gasteiger partial charge in [0, 0.05) is 0 Å². The Morgan fingerprint density at radius 2 is 2.11 bits per heavy atom. The van der Waals surface area contributed by atoms with E-state index in [9.17, 15) is 13.6 Å². The van der Waals surface area contributed by atoms with Gasteiger partial charge in [-0.05, 0) is 38.5 Å². The number of alkyl halides is 2. The highest BCUT2D eigenvalue weighted by molar-refractivity contribution is 6.32. The summed E-state index contributed by atoms with van der Waals surface area (Å²) < 4.78 is 32.4. The van der Waals surface area contributed by atoms with E-state index in [-0.39, 0.29) is 17.3 Å². The molecule has 1 aromatic heterocycles. The minimum absolute atomic E-state index is 0.0840. The second-order valence-electron chi connectivity index (χ2n) is 6.57. The minimum Gasteiger partial charge on any atom is -0.444 e. The zero-order chi connectivity index (χ0) is 20.2. The molecule has 0 aliphatic rings. The maximum absolute atomic E-state index is 13.1. The number of carbonyl (C=O) groups excluding carboxylic acids is 1. The number of nitrogens with zero attached hydrogens (tertiary/aromatic N) is 3. The topological polar surface area (TPSA) is 104 Å². The Bertz CT molecular complexity index is 795. The summed E-state index contributed by atoms with van der Waals surface area (Å²) in [5.41, 5.74) is -0.0209. The van der Waals surface area contributed by atoms with Crippen molar-refractivity contribution in [1.82, 2.24) is 20.1 Å². The summed E-state index contributed by atoms with van der Waals surface area (Å²) in [6.45, 7) is 5.08. The molecule has 1 atom stereocenters. The summed E-state index contributed by atoms with van der Waals surface area (Å²) in [4.78, 5) is 20.3. The molecule has 11 heteroatoms. The van der Waals surface area contributed by atoms with E-state index in [4.69, 9.17) is 22.2 Å². The van der Waals surface area contributed by atoms with Gasteiger partial charge in [-0.3, -0.25) is 0 Å². The number of carbonyl (C=O) groups is 1. The fourth-order valence-electron chi connectivity index (χ4n) is 2.26. The van der Waals surface area contributed by atoms with Crippen LogP contribution >= 0.6 is 11.6 Å². The molecule has 27 heavy (non-hydrogen) atoms. The Balaban J connectivity index is 2.35. The van der Waals surface area contributed by atoms with Gasteiger partial charge in [0.05, 0.1) is 23.4 Å². The largest absolute Gasteiger partial charge is 0.444 e. The van der Waals surface area contributed by atoms with Crippen LogP contribution in [0.25, 0.3) is 5.69 Å². The average Bonchev–Trinajstić information content (AvgIpc) is 3.03. The fraction of sp³-hybridized carbons (Fsp3) is 0.438. The summed E-state index contributed by atoms with van der Waals surface area (Å²) in [6, 6.07) is 3.87. The van der Waals surface area contributed by atoms with Crippen LogP contribution in [0.3, 0.4) is 0 Å². The number of hydrogen-bond acceptors (Lipinski definition) is 6. The van der Waals surface area contributed by atoms with Crippen LogP contribution in [0.1, 0.15) is 44.6 Å². The van der Waals surface area contributed by atoms with Crippen molar-refractivity contribution in [3.05, 3.63) is 40.9 Å². The van der Waals surface area contributed by atoms with Crippen molar-refractivity contribution in [3.63, 3.8) is 0 Å². The molecule has 0 aliphatic carbocycles. The van der Waals surface area contributed by atoms with E-state index in [0.29, 0.717) is 5.56 Å². The lowest BCUT2D eigenvalue weighted by atomic mass is 10.1. The van der Waals surface area contributed by atoms with Gasteiger partial charge in [-0.15, -0.1) is 0 Å². The number of amides is 1. The predicted molar refractivity (Wildman–Crippen MR) is 93.6 cm³/mol. The Kier molecular flexibility index (Phi) is 6.68. The van der Waals surface area contributed by atoms with Gasteiger partial charge in [0.2, 0.25) is 0 Å². The first kappa shape index (κ1) is 21.0. The van der Waals surface area contributed by atoms with E-state index in [1.54, 1.807) is 26.8 Å². The maximum Gasteiger partial charge on any atom is 0.408 e. The lowest BCUT2D eigenvalue weighted by Gasteiger charge is -2.24. The molecule has 1 amide bonds. The smallest absolute Gasteiger partial charge is 0.408 e. The average molecular weight is 404 g/mol. The van der Waals surface area contributed by atoms with Crippen LogP contribution in [0.4, 0.5) is 13.6 Å². The van der Waals surface area contributed by atoms with E-state index < -0.39 is 30.0 Å². The molecule has 0 fully saturated rings. The summed E-state index contributed by atoms with van der Waals surface area (Å²) in [6.07, 6.45) is -2.52. The van der Waals surface area contributed by atoms with Crippen molar-refractivity contribution in [2.45, 2.75) is 38.8 Å². The quantitative estimate of drug-likeness (QED) is 0.717. The van der Waals surface area contributed by atoms with Crippen molar-refractivity contribution in [2.75, 3.05) is 6.61 Å². The van der Waals surface area contributed by atoms with E-state index in [1.807, 2.05) is 0 Å². The SMILES string of the molecule is CC(C)(C)OC(=O)N[C@H](CON)c1ccc(Cl)c(-n2ncnc2C(F)F)c1. The number of benzene rings is 1. The third kappa shape index (κ3) is 5.59. The van der Waals surface area contributed by atoms with Crippen molar-refractivity contribution in [3.8, 4) is 5.69 Å². The van der Waals surface area contributed by atoms with Crippen LogP contribution in [0.2, 0.25) is 5.02 Å². The van der Waals surface area contributed by atoms with Gasteiger partial charge in [-0.25, -0.2) is 29.1 Å². The summed E-state index contributed by atoms with van der Waals surface area (Å²) in [7, 11) is 0. The number of aromatic nitrogens is 3. The van der Waals surface area contributed by atoms with Crippen LogP contribution in [0, 0.1) is 0 Å². The molecule has 0 bridgehead atoms. The Labute approximate surface area is 159 Å². The molecule has 2 rings (SSSR count). The standard InChI is InChI=1S/C16H20ClF2N5O3/c1-16(2,3)27-15(25)23-11(7-26-20)9-4-5-10(17)12(6-9)24-14(13(18)19)21-8-22-24/h4-6,8,11,13H,7,20H2,1-3H3,(H,23,25)/t11-/m1/s1. The first-order valence-electron chi connectivity index (χ1n) is 7.91. The van der Waals surface area contributed by atoms with E-state index >= 15 is 0 Å². The van der Waals surface area contributed by atoms with Crippen LogP contribution < -0.4 is 11.2 Å². The molecule has 0 aliphatic heterocycles. The van der Waals surface area contributed by atoms with Crippen molar-refractivity contribution >= 4 is 17.7 Å². The number of hydrogen-bond donors (Lipinski definition) is 2. The predicted octanol–water partition coefficient (Wildman–Crippen LogP) is 3.31. The second kappa shape index (κ2) is 8.59. The Hall–Kier alpha value is -2.30. The number of halogens is 3. The van der Waals surface area contributed by atoms with Crippen molar-refractivity contribution in [2.24, 2.45) is 5.90 Å². The minimum atomic E-state index is -2.84. The highest BCUT2D eigenvalue weighted by Gasteiger charge is 2.23. The number of nitrogens with two attached hydrogens (primary N) is 1. The first-order valence-corrected chi connectivity index (χ1v) is 8.29. The molecule has 0 radical (unpaired) electrons. The van der Waals surface area contributed by atoms with E-state index in [1.165, 1.54) is 12.1 Å². The molecule has 1 heterocycles. The molecule has 0 unspecified atom stereocenters. The molecule has 0 spiro atoms. The lowest BCUT2D eigenvalue weighted by molar-refractivity contribution is 0.0441. The Morgan fingerprint density at radius 3 is 2.70 bits per heavy atom. The van der Waals surface area contributed by atoms with Crippen LogP contribution in [-0.4, -0.2) is 33.1 Å². The molecular formula is C16H20ClF2N5O3. The third-order valence-corrected chi connectivity index (χ3v) is 3.64. The molecule has 1 aromatic carbocycles. The fourth-order valence-corrected chi connectivity index (χ4v) is 2.46. The van der Waals surface area contributed by atoms with Crippen molar-refractivity contribution in [1.29, 1.82) is 0 Å². The van der Waals surface area contributed by atoms with Gasteiger partial charge >= 0.3 is 6.09 Å². The van der Waals surface area contributed by atoms with E-state index in [2.05, 4.69) is 20.2 Å². The molecule has 0 saturated carbocycles. The zero-order valence-electron chi connectivity index (χ0n) is 14.9. The molecule has 3 N–H and O–H groups in total. The van der Waals surface area contributed by atoms with Gasteiger partial charge < -0.3 is 14.9 Å². The second-order valence-corrected chi connectivity index (χ2v) is 6.98. The number of nitrogens with one attached hydrogen (secondary N) is 1. The number of rotatable bonds is 6. The van der Waals surface area contributed by atoms with Crippen LogP contribution in [0.15, 0.2) is 24.5 Å². The highest BCUT2D eigenvalue weighted by Crippen LogP contribution is 2.28. The van der Waals surface area contributed by atoms with Gasteiger partial charge in [0.15, 0.2) is 5.82 Å². The van der Waals surface area contributed by atoms with E-state index in [0.717, 1.165) is 11.0 Å². The highest BCUT2D eigenvalue weighted by atomic mass is 35.5. The summed E-state index contributed by atoms with van der Waals surface area (Å²) in [5.74, 6) is 4.60. The monoisotopic (exact) mass is 403 g/mol. The van der Waals surface area contributed by atoms with Gasteiger partial charge in [0.25, 0.3) is 6.43 Å². The number of ether oxygens (including phenoxy) is 1. The van der Waals surface area contributed by atoms with Gasteiger partial charge in [-0.2, -0.15) is 5.10 Å². The summed E-state index contributed by atoms with van der Waals surface area (Å²) in [5, 5.41) is 6.59. The number of alkyl carbamates (subject to hydrolysis) is 1. The lowest BCUT2D eigenvalue weighted by Crippen LogP contribution is -2.37. The summed E-state index contributed by atoms with van der Waals surface area (Å²) >= 11 is 6.14. The zero-order valence-corrected chi connectivity index (χ0v) is 15.7. The van der Waals surface area contributed by atoms with Gasteiger partial charge in [-0.1, -0.05) is 17.7 Å². The first-order chi connectivity index (χ1) is 12.6. The van der Waals surface area contributed by atoms with Crippen molar-refractivity contribution < 1.29 is 23.1 Å². The molecular weight excluding hydrogens is 384 g/mol.